The number of hydrogen-bond acceptors (Lipinski definition) is 0. The topological polar surface area (TPSA) is 0 Å². The first-order valence-electron chi connectivity index (χ1n) is 5.55. The maximum Gasteiger partial charge on any atom is 0.416 e. The lowest BCUT2D eigenvalue weighted by Gasteiger charge is -2.14. The third-order valence-electron chi connectivity index (χ3n) is 2.76. The molecule has 0 saturated carbocycles. The van der Waals surface area contributed by atoms with Crippen LogP contribution in [0.15, 0.2) is 42.5 Å². The molecule has 0 heterocycles. The standard InChI is InChI=1S/C14H8Cl3F3/c15-10-5-6-12(16)11(7-10)13(17)8-1-3-9(4-2-8)14(18,19)20/h1-7,13H. The molecule has 0 aliphatic carbocycles. The van der Waals surface area contributed by atoms with E-state index in [1.54, 1.807) is 18.2 Å². The van der Waals surface area contributed by atoms with Crippen LogP contribution in [-0.4, -0.2) is 0 Å². The van der Waals surface area contributed by atoms with Crippen LogP contribution in [-0.2, 0) is 6.18 Å². The zero-order valence-corrected chi connectivity index (χ0v) is 12.2. The summed E-state index contributed by atoms with van der Waals surface area (Å²) in [5.74, 6) is 0. The summed E-state index contributed by atoms with van der Waals surface area (Å²) in [6.07, 6.45) is -4.37. The lowest BCUT2D eigenvalue weighted by molar-refractivity contribution is -0.137. The van der Waals surface area contributed by atoms with Gasteiger partial charge in [-0.05, 0) is 41.5 Å². The molecule has 0 bridgehead atoms. The summed E-state index contributed by atoms with van der Waals surface area (Å²) in [6, 6.07) is 9.45. The van der Waals surface area contributed by atoms with Crippen molar-refractivity contribution in [1.82, 2.24) is 0 Å². The first-order valence-corrected chi connectivity index (χ1v) is 6.74. The molecule has 0 N–H and O–H groups in total. The van der Waals surface area contributed by atoms with Gasteiger partial charge < -0.3 is 0 Å². The van der Waals surface area contributed by atoms with Crippen LogP contribution in [0.3, 0.4) is 0 Å². The molecule has 6 heteroatoms. The van der Waals surface area contributed by atoms with E-state index in [2.05, 4.69) is 0 Å². The van der Waals surface area contributed by atoms with Gasteiger partial charge in [-0.2, -0.15) is 13.2 Å². The zero-order chi connectivity index (χ0) is 14.9. The van der Waals surface area contributed by atoms with Gasteiger partial charge in [0.1, 0.15) is 0 Å². The van der Waals surface area contributed by atoms with Crippen molar-refractivity contribution in [2.24, 2.45) is 0 Å². The first kappa shape index (κ1) is 15.5. The van der Waals surface area contributed by atoms with Gasteiger partial charge in [-0.25, -0.2) is 0 Å². The molecule has 1 atom stereocenters. The maximum atomic E-state index is 12.5. The Bertz CT molecular complexity index is 606. The van der Waals surface area contributed by atoms with Gasteiger partial charge in [0.15, 0.2) is 0 Å². The fourth-order valence-electron chi connectivity index (χ4n) is 1.73. The minimum Gasteiger partial charge on any atom is -0.166 e. The van der Waals surface area contributed by atoms with Crippen molar-refractivity contribution in [1.29, 1.82) is 0 Å². The van der Waals surface area contributed by atoms with Crippen molar-refractivity contribution >= 4 is 34.8 Å². The van der Waals surface area contributed by atoms with Gasteiger partial charge in [-0.1, -0.05) is 35.3 Å². The predicted octanol–water partition coefficient (Wildman–Crippen LogP) is 6.34. The van der Waals surface area contributed by atoms with E-state index in [1.165, 1.54) is 12.1 Å². The highest BCUT2D eigenvalue weighted by molar-refractivity contribution is 6.35. The van der Waals surface area contributed by atoms with Crippen molar-refractivity contribution in [2.75, 3.05) is 0 Å². The van der Waals surface area contributed by atoms with Crippen LogP contribution in [0.4, 0.5) is 13.2 Å². The molecule has 2 aromatic rings. The molecule has 0 spiro atoms. The Morgan fingerprint density at radius 3 is 2.05 bits per heavy atom. The van der Waals surface area contributed by atoms with Gasteiger partial charge in [0.2, 0.25) is 0 Å². The van der Waals surface area contributed by atoms with E-state index in [0.717, 1.165) is 12.1 Å². The van der Waals surface area contributed by atoms with Crippen molar-refractivity contribution in [3.05, 3.63) is 69.2 Å². The Balaban J connectivity index is 2.34. The third kappa shape index (κ3) is 3.40. The van der Waals surface area contributed by atoms with E-state index in [0.29, 0.717) is 21.2 Å². The molecule has 2 rings (SSSR count). The largest absolute Gasteiger partial charge is 0.416 e. The van der Waals surface area contributed by atoms with Crippen LogP contribution >= 0.6 is 34.8 Å². The summed E-state index contributed by atoms with van der Waals surface area (Å²) in [4.78, 5) is 0. The first-order chi connectivity index (χ1) is 9.29. The second-order valence-electron chi connectivity index (χ2n) is 4.15. The van der Waals surface area contributed by atoms with Gasteiger partial charge in [-0.3, -0.25) is 0 Å². The minimum absolute atomic E-state index is 0.411. The van der Waals surface area contributed by atoms with Gasteiger partial charge in [-0.15, -0.1) is 11.6 Å². The molecule has 0 radical (unpaired) electrons. The van der Waals surface area contributed by atoms with E-state index in [4.69, 9.17) is 34.8 Å². The van der Waals surface area contributed by atoms with Crippen molar-refractivity contribution in [3.63, 3.8) is 0 Å². The lowest BCUT2D eigenvalue weighted by atomic mass is 10.0. The monoisotopic (exact) mass is 338 g/mol. The summed E-state index contributed by atoms with van der Waals surface area (Å²) in [5, 5.41) is 0.208. The molecular formula is C14H8Cl3F3. The number of hydrogen-bond donors (Lipinski definition) is 0. The molecule has 0 aliphatic heterocycles. The molecular weight excluding hydrogens is 332 g/mol. The average molecular weight is 340 g/mol. The number of alkyl halides is 4. The Labute approximate surface area is 129 Å². The second kappa shape index (κ2) is 5.84. The number of benzene rings is 2. The zero-order valence-electron chi connectivity index (χ0n) is 9.89. The second-order valence-corrected chi connectivity index (χ2v) is 5.43. The highest BCUT2D eigenvalue weighted by Gasteiger charge is 2.30. The van der Waals surface area contributed by atoms with Crippen molar-refractivity contribution in [2.45, 2.75) is 11.6 Å². The predicted molar refractivity (Wildman–Crippen MR) is 75.6 cm³/mol. The smallest absolute Gasteiger partial charge is 0.166 e. The maximum absolute atomic E-state index is 12.5. The van der Waals surface area contributed by atoms with Crippen molar-refractivity contribution < 1.29 is 13.2 Å². The highest BCUT2D eigenvalue weighted by atomic mass is 35.5. The Hall–Kier alpha value is -0.900. The molecule has 0 fully saturated rings. The van der Waals surface area contributed by atoms with Gasteiger partial charge in [0.05, 0.1) is 10.9 Å². The van der Waals surface area contributed by atoms with Crippen LogP contribution in [0.5, 0.6) is 0 Å². The van der Waals surface area contributed by atoms with Crippen LogP contribution in [0.2, 0.25) is 10.0 Å². The van der Waals surface area contributed by atoms with E-state index >= 15 is 0 Å². The normalized spacial score (nSPS) is 13.3. The quantitative estimate of drug-likeness (QED) is 0.560. The fraction of sp³-hybridized carbons (Fsp3) is 0.143. The molecule has 0 aromatic heterocycles. The summed E-state index contributed by atoms with van der Waals surface area (Å²) in [7, 11) is 0. The van der Waals surface area contributed by atoms with Crippen LogP contribution in [0.1, 0.15) is 22.1 Å². The van der Waals surface area contributed by atoms with E-state index in [-0.39, 0.29) is 0 Å². The van der Waals surface area contributed by atoms with Crippen LogP contribution < -0.4 is 0 Å². The Morgan fingerprint density at radius 2 is 1.50 bits per heavy atom. The molecule has 1 unspecified atom stereocenters. The minimum atomic E-state index is -4.37. The molecule has 106 valence electrons. The Kier molecular flexibility index (Phi) is 4.52. The molecule has 0 aliphatic rings. The van der Waals surface area contributed by atoms with Crippen LogP contribution in [0.25, 0.3) is 0 Å². The van der Waals surface area contributed by atoms with E-state index in [1.807, 2.05) is 0 Å². The molecule has 2 aromatic carbocycles. The van der Waals surface area contributed by atoms with Gasteiger partial charge >= 0.3 is 6.18 Å². The molecule has 0 nitrogen and oxygen atoms in total. The summed E-state index contributed by atoms with van der Waals surface area (Å²) in [6.45, 7) is 0. The average Bonchev–Trinajstić information content (AvgIpc) is 2.40. The molecule has 0 saturated heterocycles. The van der Waals surface area contributed by atoms with Crippen molar-refractivity contribution in [3.8, 4) is 0 Å². The van der Waals surface area contributed by atoms with Gasteiger partial charge in [0, 0.05) is 10.0 Å². The highest BCUT2D eigenvalue weighted by Crippen LogP contribution is 2.36. The molecule has 0 amide bonds. The summed E-state index contributed by atoms with van der Waals surface area (Å²) >= 11 is 18.1. The molecule has 20 heavy (non-hydrogen) atoms. The number of rotatable bonds is 2. The summed E-state index contributed by atoms with van der Waals surface area (Å²) in [5.41, 5.74) is 0.353. The fourth-order valence-corrected chi connectivity index (χ4v) is 2.52. The van der Waals surface area contributed by atoms with E-state index < -0.39 is 17.1 Å². The van der Waals surface area contributed by atoms with Crippen LogP contribution in [0, 0.1) is 0 Å². The number of halogens is 6. The Morgan fingerprint density at radius 1 is 0.900 bits per heavy atom. The van der Waals surface area contributed by atoms with Gasteiger partial charge in [0.25, 0.3) is 0 Å². The summed E-state index contributed by atoms with van der Waals surface area (Å²) < 4.78 is 37.5. The third-order valence-corrected chi connectivity index (χ3v) is 3.83. The SMILES string of the molecule is FC(F)(F)c1ccc(C(Cl)c2cc(Cl)ccc2Cl)cc1. The lowest BCUT2D eigenvalue weighted by Crippen LogP contribution is -2.05. The van der Waals surface area contributed by atoms with E-state index in [9.17, 15) is 13.2 Å².